The maximum Gasteiger partial charge on any atom is 0.417 e. The Balaban J connectivity index is 1.44. The molecule has 1 aromatic heterocycles. The summed E-state index contributed by atoms with van der Waals surface area (Å²) in [4.78, 5) is 16.2. The molecule has 0 N–H and O–H groups in total. The molecule has 32 heavy (non-hydrogen) atoms. The van der Waals surface area contributed by atoms with Crippen LogP contribution < -0.4 is 4.90 Å². The zero-order valence-corrected chi connectivity index (χ0v) is 17.9. The number of benzene rings is 2. The quantitative estimate of drug-likeness (QED) is 0.590. The van der Waals surface area contributed by atoms with Crippen LogP contribution >= 0.6 is 0 Å². The second kappa shape index (κ2) is 8.61. The van der Waals surface area contributed by atoms with Crippen molar-refractivity contribution in [2.45, 2.75) is 20.0 Å². The normalized spacial score (nSPS) is 14.5. The first kappa shape index (κ1) is 21.8. The molecule has 1 amide bonds. The number of nitrogens with zero attached hydrogens (tertiary/aromatic N) is 4. The largest absolute Gasteiger partial charge is 0.417 e. The second-order valence-corrected chi connectivity index (χ2v) is 7.92. The highest BCUT2D eigenvalue weighted by Gasteiger charge is 2.36. The molecule has 4 rings (SSSR count). The number of carbonyl (C=O) groups is 1. The van der Waals surface area contributed by atoms with E-state index in [9.17, 15) is 18.0 Å². The van der Waals surface area contributed by atoms with Gasteiger partial charge in [-0.25, -0.2) is 0 Å². The lowest BCUT2D eigenvalue weighted by Gasteiger charge is -2.35. The summed E-state index contributed by atoms with van der Waals surface area (Å²) in [5.41, 5.74) is 2.89. The lowest BCUT2D eigenvalue weighted by atomic mass is 10.0. The van der Waals surface area contributed by atoms with E-state index in [1.807, 2.05) is 43.0 Å². The number of piperazine rings is 1. The van der Waals surface area contributed by atoms with Crippen molar-refractivity contribution >= 4 is 11.7 Å². The second-order valence-electron chi connectivity index (χ2n) is 7.92. The number of aryl methyl sites for hydroxylation is 2. The summed E-state index contributed by atoms with van der Waals surface area (Å²) >= 11 is 0. The number of alkyl halides is 3. The van der Waals surface area contributed by atoms with Crippen LogP contribution in [0.15, 0.2) is 54.6 Å². The van der Waals surface area contributed by atoms with Gasteiger partial charge in [0.25, 0.3) is 5.91 Å². The summed E-state index contributed by atoms with van der Waals surface area (Å²) in [6, 6.07) is 14.9. The zero-order chi connectivity index (χ0) is 22.9. The Bertz CT molecular complexity index is 1120. The van der Waals surface area contributed by atoms with Crippen molar-refractivity contribution in [2.24, 2.45) is 0 Å². The standard InChI is InChI=1S/C24H23F3N4O/c1-16-7-8-18(17(2)15-16)21-9-10-22(29-28-21)30-11-13-31(14-12-30)23(32)19-5-3-4-6-20(19)24(25,26)27/h3-10,15H,11-14H2,1-2H3. The van der Waals surface area contributed by atoms with Gasteiger partial charge in [0, 0.05) is 31.7 Å². The Labute approximate surface area is 184 Å². The minimum absolute atomic E-state index is 0.311. The molecule has 2 aromatic carbocycles. The molecule has 1 saturated heterocycles. The molecular formula is C24H23F3N4O. The van der Waals surface area contributed by atoms with Crippen molar-refractivity contribution in [2.75, 3.05) is 31.1 Å². The van der Waals surface area contributed by atoms with Gasteiger partial charge >= 0.3 is 6.18 Å². The number of halogens is 3. The molecule has 3 aromatic rings. The van der Waals surface area contributed by atoms with Crippen molar-refractivity contribution in [3.8, 4) is 11.3 Å². The third-order valence-corrected chi connectivity index (χ3v) is 5.66. The van der Waals surface area contributed by atoms with Crippen LogP contribution in [0, 0.1) is 13.8 Å². The molecule has 0 aliphatic carbocycles. The highest BCUT2D eigenvalue weighted by atomic mass is 19.4. The summed E-state index contributed by atoms with van der Waals surface area (Å²) < 4.78 is 39.8. The maximum absolute atomic E-state index is 13.3. The molecule has 0 radical (unpaired) electrons. The van der Waals surface area contributed by atoms with Crippen LogP contribution in [0.25, 0.3) is 11.3 Å². The monoisotopic (exact) mass is 440 g/mol. The topological polar surface area (TPSA) is 49.3 Å². The number of rotatable bonds is 3. The lowest BCUT2D eigenvalue weighted by Crippen LogP contribution is -2.49. The number of amides is 1. The Kier molecular flexibility index (Phi) is 5.86. The maximum atomic E-state index is 13.3. The van der Waals surface area contributed by atoms with E-state index >= 15 is 0 Å². The predicted molar refractivity (Wildman–Crippen MR) is 117 cm³/mol. The molecule has 0 spiro atoms. The number of hydrogen-bond acceptors (Lipinski definition) is 4. The Morgan fingerprint density at radius 1 is 0.906 bits per heavy atom. The highest BCUT2D eigenvalue weighted by Crippen LogP contribution is 2.32. The first-order valence-electron chi connectivity index (χ1n) is 10.4. The van der Waals surface area contributed by atoms with Crippen LogP contribution in [0.1, 0.15) is 27.0 Å². The summed E-state index contributed by atoms with van der Waals surface area (Å²) in [5.74, 6) is 0.0789. The van der Waals surface area contributed by atoms with Gasteiger partial charge < -0.3 is 9.80 Å². The van der Waals surface area contributed by atoms with E-state index in [1.165, 1.54) is 28.7 Å². The van der Waals surface area contributed by atoms with Crippen molar-refractivity contribution < 1.29 is 18.0 Å². The molecule has 5 nitrogen and oxygen atoms in total. The molecule has 1 aliphatic heterocycles. The highest BCUT2D eigenvalue weighted by molar-refractivity contribution is 5.96. The molecule has 0 bridgehead atoms. The fraction of sp³-hybridized carbons (Fsp3) is 0.292. The number of hydrogen-bond donors (Lipinski definition) is 0. The zero-order valence-electron chi connectivity index (χ0n) is 17.9. The van der Waals surface area contributed by atoms with Gasteiger partial charge in [-0.1, -0.05) is 35.9 Å². The van der Waals surface area contributed by atoms with Crippen molar-refractivity contribution in [3.05, 3.63) is 76.9 Å². The van der Waals surface area contributed by atoms with Gasteiger partial charge in [-0.3, -0.25) is 4.79 Å². The van der Waals surface area contributed by atoms with E-state index in [2.05, 4.69) is 16.3 Å². The van der Waals surface area contributed by atoms with E-state index in [4.69, 9.17) is 0 Å². The molecular weight excluding hydrogens is 417 g/mol. The summed E-state index contributed by atoms with van der Waals surface area (Å²) in [5, 5.41) is 8.70. The summed E-state index contributed by atoms with van der Waals surface area (Å²) in [7, 11) is 0. The summed E-state index contributed by atoms with van der Waals surface area (Å²) in [6.45, 7) is 5.63. The van der Waals surface area contributed by atoms with E-state index in [0.717, 1.165) is 22.9 Å². The Morgan fingerprint density at radius 2 is 1.62 bits per heavy atom. The molecule has 8 heteroatoms. The van der Waals surface area contributed by atoms with Gasteiger partial charge in [-0.2, -0.15) is 13.2 Å². The van der Waals surface area contributed by atoms with Crippen LogP contribution in [-0.2, 0) is 6.18 Å². The fourth-order valence-electron chi connectivity index (χ4n) is 3.96. The third kappa shape index (κ3) is 4.44. The van der Waals surface area contributed by atoms with Crippen LogP contribution in [0.2, 0.25) is 0 Å². The summed E-state index contributed by atoms with van der Waals surface area (Å²) in [6.07, 6.45) is -4.57. The molecule has 0 unspecified atom stereocenters. The van der Waals surface area contributed by atoms with E-state index in [-0.39, 0.29) is 5.56 Å². The smallest absolute Gasteiger partial charge is 0.352 e. The molecule has 1 fully saturated rings. The van der Waals surface area contributed by atoms with E-state index in [0.29, 0.717) is 32.0 Å². The van der Waals surface area contributed by atoms with Gasteiger partial charge in [-0.05, 0) is 43.7 Å². The molecule has 2 heterocycles. The first-order valence-corrected chi connectivity index (χ1v) is 10.4. The third-order valence-electron chi connectivity index (χ3n) is 5.66. The molecule has 1 aliphatic rings. The first-order chi connectivity index (χ1) is 15.2. The minimum Gasteiger partial charge on any atom is -0.352 e. The Hall–Kier alpha value is -3.42. The predicted octanol–water partition coefficient (Wildman–Crippen LogP) is 4.74. The van der Waals surface area contributed by atoms with E-state index < -0.39 is 17.6 Å². The minimum atomic E-state index is -4.57. The van der Waals surface area contributed by atoms with Crippen molar-refractivity contribution in [3.63, 3.8) is 0 Å². The van der Waals surface area contributed by atoms with Crippen LogP contribution in [-0.4, -0.2) is 47.2 Å². The van der Waals surface area contributed by atoms with E-state index in [1.54, 1.807) is 0 Å². The lowest BCUT2D eigenvalue weighted by molar-refractivity contribution is -0.138. The van der Waals surface area contributed by atoms with Gasteiger partial charge in [0.15, 0.2) is 5.82 Å². The molecule has 166 valence electrons. The van der Waals surface area contributed by atoms with Gasteiger partial charge in [0.2, 0.25) is 0 Å². The SMILES string of the molecule is Cc1ccc(-c2ccc(N3CCN(C(=O)c4ccccc4C(F)(F)F)CC3)nn2)c(C)c1. The van der Waals surface area contributed by atoms with Crippen LogP contribution in [0.5, 0.6) is 0 Å². The van der Waals surface area contributed by atoms with Gasteiger partial charge in [-0.15, -0.1) is 10.2 Å². The van der Waals surface area contributed by atoms with Crippen molar-refractivity contribution in [1.82, 2.24) is 15.1 Å². The van der Waals surface area contributed by atoms with Crippen LogP contribution in [0.3, 0.4) is 0 Å². The van der Waals surface area contributed by atoms with Gasteiger partial charge in [0.05, 0.1) is 16.8 Å². The van der Waals surface area contributed by atoms with Gasteiger partial charge in [0.1, 0.15) is 0 Å². The average molecular weight is 440 g/mol. The molecule has 0 atom stereocenters. The fourth-order valence-corrected chi connectivity index (χ4v) is 3.96. The molecule has 0 saturated carbocycles. The number of anilines is 1. The Morgan fingerprint density at radius 3 is 2.25 bits per heavy atom. The van der Waals surface area contributed by atoms with Crippen LogP contribution in [0.4, 0.5) is 19.0 Å². The van der Waals surface area contributed by atoms with Crippen molar-refractivity contribution in [1.29, 1.82) is 0 Å². The number of aromatic nitrogens is 2. The average Bonchev–Trinajstić information content (AvgIpc) is 2.78. The number of carbonyl (C=O) groups excluding carboxylic acids is 1.